The zero-order chi connectivity index (χ0) is 13.0. The van der Waals surface area contributed by atoms with Crippen LogP contribution < -0.4 is 22.1 Å². The zero-order valence-corrected chi connectivity index (χ0v) is 9.42. The van der Waals surface area contributed by atoms with Gasteiger partial charge < -0.3 is 22.1 Å². The Morgan fingerprint density at radius 1 is 1.59 bits per heavy atom. The highest BCUT2D eigenvalue weighted by molar-refractivity contribution is 5.93. The molecule has 0 unspecified atom stereocenters. The van der Waals surface area contributed by atoms with Crippen molar-refractivity contribution in [1.29, 1.82) is 0 Å². The molecule has 0 spiro atoms. The van der Waals surface area contributed by atoms with E-state index in [1.165, 1.54) is 0 Å². The zero-order valence-electron chi connectivity index (χ0n) is 9.42. The number of rotatable bonds is 5. The number of carbonyl (C=O) groups excluding carboxylic acids is 2. The number of hydrogen-bond acceptors (Lipinski definition) is 4. The lowest BCUT2D eigenvalue weighted by molar-refractivity contribution is -0.120. The highest BCUT2D eigenvalue weighted by Gasteiger charge is 2.20. The van der Waals surface area contributed by atoms with Crippen LogP contribution in [0, 0.1) is 0 Å². The van der Waals surface area contributed by atoms with Crippen LogP contribution in [-0.2, 0) is 9.59 Å². The largest absolute Gasteiger partial charge is 0.368 e. The molecule has 0 aromatic rings. The molecule has 94 valence electrons. The number of allylic oxidation sites excluding steroid dienone is 2. The second-order valence-electron chi connectivity index (χ2n) is 3.62. The molecule has 0 aliphatic carbocycles. The van der Waals surface area contributed by atoms with Crippen LogP contribution in [0.4, 0.5) is 4.39 Å². The van der Waals surface area contributed by atoms with E-state index in [1.54, 1.807) is 6.92 Å². The lowest BCUT2D eigenvalue weighted by Crippen LogP contribution is -2.45. The maximum atomic E-state index is 13.5. The lowest BCUT2D eigenvalue weighted by atomic mass is 10.1. The second-order valence-corrected chi connectivity index (χ2v) is 3.62. The molecule has 2 amide bonds. The van der Waals surface area contributed by atoms with Crippen LogP contribution in [-0.4, -0.2) is 24.4 Å². The molecule has 0 aromatic heterocycles. The highest BCUT2D eigenvalue weighted by atomic mass is 19.1. The van der Waals surface area contributed by atoms with Crippen LogP contribution in [0.25, 0.3) is 0 Å². The van der Waals surface area contributed by atoms with Gasteiger partial charge in [0.25, 0.3) is 0 Å². The molecule has 6 N–H and O–H groups in total. The summed E-state index contributed by atoms with van der Waals surface area (Å²) in [4.78, 5) is 21.8. The van der Waals surface area contributed by atoms with Crippen molar-refractivity contribution in [3.05, 3.63) is 23.3 Å². The number of primary amides is 2. The third-order valence-electron chi connectivity index (χ3n) is 2.38. The van der Waals surface area contributed by atoms with Crippen LogP contribution >= 0.6 is 0 Å². The van der Waals surface area contributed by atoms with Gasteiger partial charge >= 0.3 is 0 Å². The van der Waals surface area contributed by atoms with Crippen LogP contribution in [0.5, 0.6) is 0 Å². The molecule has 0 bridgehead atoms. The van der Waals surface area contributed by atoms with Gasteiger partial charge in [-0.3, -0.25) is 9.59 Å². The number of halogens is 1. The Hall–Kier alpha value is -2.05. The first-order valence-corrected chi connectivity index (χ1v) is 5.15. The number of carbonyl (C=O) groups is 2. The van der Waals surface area contributed by atoms with Gasteiger partial charge in [-0.25, -0.2) is 4.39 Å². The minimum atomic E-state index is -0.686. The minimum Gasteiger partial charge on any atom is -0.368 e. The fraction of sp³-hybridized carbons (Fsp3) is 0.400. The maximum absolute atomic E-state index is 13.5. The summed E-state index contributed by atoms with van der Waals surface area (Å²) in [5.41, 5.74) is 10.3. The molecular weight excluding hydrogens is 227 g/mol. The van der Waals surface area contributed by atoms with Crippen molar-refractivity contribution in [2.45, 2.75) is 19.4 Å². The average Bonchev–Trinajstić information content (AvgIpc) is 2.26. The van der Waals surface area contributed by atoms with Gasteiger partial charge in [-0.1, -0.05) is 6.92 Å². The predicted molar refractivity (Wildman–Crippen MR) is 59.8 cm³/mol. The summed E-state index contributed by atoms with van der Waals surface area (Å²) < 4.78 is 13.5. The summed E-state index contributed by atoms with van der Waals surface area (Å²) in [6.45, 7) is 1.86. The van der Waals surface area contributed by atoms with E-state index in [2.05, 4.69) is 10.6 Å². The summed E-state index contributed by atoms with van der Waals surface area (Å²) >= 11 is 0. The Morgan fingerprint density at radius 2 is 2.24 bits per heavy atom. The molecule has 1 aliphatic rings. The number of hydrogen-bond donors (Lipinski definition) is 4. The molecule has 1 heterocycles. The molecule has 1 aliphatic heterocycles. The molecule has 0 radical (unpaired) electrons. The number of amides is 2. The molecule has 17 heavy (non-hydrogen) atoms. The average molecular weight is 242 g/mol. The van der Waals surface area contributed by atoms with Crippen molar-refractivity contribution in [3.63, 3.8) is 0 Å². The van der Waals surface area contributed by atoms with Crippen molar-refractivity contribution in [2.24, 2.45) is 11.5 Å². The molecular formula is C10H15FN4O2. The van der Waals surface area contributed by atoms with E-state index in [4.69, 9.17) is 11.5 Å². The van der Waals surface area contributed by atoms with Crippen molar-refractivity contribution in [1.82, 2.24) is 10.6 Å². The molecule has 0 saturated carbocycles. The van der Waals surface area contributed by atoms with E-state index in [0.717, 1.165) is 6.08 Å². The Labute approximate surface area is 97.9 Å². The van der Waals surface area contributed by atoms with Gasteiger partial charge in [-0.2, -0.15) is 0 Å². The van der Waals surface area contributed by atoms with E-state index in [-0.39, 0.29) is 17.9 Å². The van der Waals surface area contributed by atoms with Crippen LogP contribution in [0.3, 0.4) is 0 Å². The smallest absolute Gasteiger partial charge is 0.246 e. The lowest BCUT2D eigenvalue weighted by Gasteiger charge is -2.22. The first-order chi connectivity index (χ1) is 7.95. The van der Waals surface area contributed by atoms with Gasteiger partial charge in [0.15, 0.2) is 5.83 Å². The summed E-state index contributed by atoms with van der Waals surface area (Å²) in [6, 6.07) is -0.660. The Balaban J connectivity index is 2.82. The molecule has 6 nitrogen and oxygen atoms in total. The van der Waals surface area contributed by atoms with Crippen molar-refractivity contribution in [2.75, 3.05) is 6.54 Å². The van der Waals surface area contributed by atoms with Gasteiger partial charge in [0, 0.05) is 12.1 Å². The standard InChI is InChI=1S/C10H15FN4O2/c1-2-7(9(13)17)15-10-6(11)3-5(4-14-10)8(12)16/h3,7,14-15H,2,4H2,1H3,(H2,12,16)(H2,13,17)/t7-/m1/s1. The summed E-state index contributed by atoms with van der Waals surface area (Å²) in [6.07, 6.45) is 1.47. The maximum Gasteiger partial charge on any atom is 0.246 e. The molecule has 0 aromatic carbocycles. The van der Waals surface area contributed by atoms with Gasteiger partial charge in [0.05, 0.1) is 0 Å². The highest BCUT2D eigenvalue weighted by Crippen LogP contribution is 2.13. The first-order valence-electron chi connectivity index (χ1n) is 5.15. The van der Waals surface area contributed by atoms with Crippen molar-refractivity contribution < 1.29 is 14.0 Å². The van der Waals surface area contributed by atoms with E-state index in [0.29, 0.717) is 6.42 Å². The summed E-state index contributed by atoms with van der Waals surface area (Å²) in [7, 11) is 0. The second kappa shape index (κ2) is 5.33. The van der Waals surface area contributed by atoms with Gasteiger partial charge in [0.2, 0.25) is 11.8 Å². The van der Waals surface area contributed by atoms with Crippen molar-refractivity contribution >= 4 is 11.8 Å². The molecule has 1 atom stereocenters. The number of dihydropyridines is 1. The normalized spacial score (nSPS) is 16.9. The molecule has 1 rings (SSSR count). The molecule has 0 fully saturated rings. The van der Waals surface area contributed by atoms with E-state index in [9.17, 15) is 14.0 Å². The van der Waals surface area contributed by atoms with E-state index < -0.39 is 23.7 Å². The SMILES string of the molecule is CC[C@@H](NC1=C(F)C=C(C(N)=O)CN1)C(N)=O. The quantitative estimate of drug-likeness (QED) is 0.495. The molecule has 0 saturated heterocycles. The number of nitrogens with two attached hydrogens (primary N) is 2. The summed E-state index contributed by atoms with van der Waals surface area (Å²) in [5.74, 6) is -1.89. The Morgan fingerprint density at radius 3 is 2.65 bits per heavy atom. The topological polar surface area (TPSA) is 110 Å². The monoisotopic (exact) mass is 242 g/mol. The van der Waals surface area contributed by atoms with Gasteiger partial charge in [0.1, 0.15) is 11.9 Å². The predicted octanol–water partition coefficient (Wildman–Crippen LogP) is -1.01. The fourth-order valence-electron chi connectivity index (χ4n) is 1.37. The Bertz CT molecular complexity index is 403. The van der Waals surface area contributed by atoms with Crippen LogP contribution in [0.15, 0.2) is 23.3 Å². The summed E-state index contributed by atoms with van der Waals surface area (Å²) in [5, 5.41) is 5.27. The van der Waals surface area contributed by atoms with Gasteiger partial charge in [-0.15, -0.1) is 0 Å². The first kappa shape index (κ1) is 13.0. The third-order valence-corrected chi connectivity index (χ3v) is 2.38. The fourth-order valence-corrected chi connectivity index (χ4v) is 1.37. The Kier molecular flexibility index (Phi) is 4.08. The third kappa shape index (κ3) is 3.20. The number of nitrogens with one attached hydrogen (secondary N) is 2. The van der Waals surface area contributed by atoms with E-state index in [1.807, 2.05) is 0 Å². The van der Waals surface area contributed by atoms with Crippen LogP contribution in [0.1, 0.15) is 13.3 Å². The molecule has 7 heteroatoms. The van der Waals surface area contributed by atoms with Gasteiger partial charge in [-0.05, 0) is 12.5 Å². The van der Waals surface area contributed by atoms with Crippen LogP contribution in [0.2, 0.25) is 0 Å². The minimum absolute atomic E-state index is 0.0423. The van der Waals surface area contributed by atoms with Crippen molar-refractivity contribution in [3.8, 4) is 0 Å². The van der Waals surface area contributed by atoms with E-state index >= 15 is 0 Å².